The maximum atomic E-state index is 5.71. The number of aliphatic imine (C=N–C) groups is 2. The van der Waals surface area contributed by atoms with Crippen molar-refractivity contribution in [2.24, 2.45) is 21.6 Å². The van der Waals surface area contributed by atoms with Crippen LogP contribution in [-0.2, 0) is 0 Å². The van der Waals surface area contributed by atoms with E-state index >= 15 is 0 Å². The number of nitrogens with zero attached hydrogens (tertiary/aromatic N) is 2. The van der Waals surface area contributed by atoms with Crippen molar-refractivity contribution in [3.05, 3.63) is 23.9 Å². The summed E-state index contributed by atoms with van der Waals surface area (Å²) in [4.78, 5) is 8.45. The fraction of sp³-hybridized carbons (Fsp3) is 0.400. The average Bonchev–Trinajstić information content (AvgIpc) is 2.44. The van der Waals surface area contributed by atoms with Crippen LogP contribution >= 0.6 is 0 Å². The molecule has 0 saturated heterocycles. The van der Waals surface area contributed by atoms with Crippen molar-refractivity contribution >= 4 is 12.4 Å². The number of hydrogen-bond acceptors (Lipinski definition) is 4. The quantitative estimate of drug-likeness (QED) is 0.615. The second-order valence-electron chi connectivity index (χ2n) is 3.42. The molecule has 2 atom stereocenters. The van der Waals surface area contributed by atoms with Gasteiger partial charge in [-0.15, -0.1) is 0 Å². The van der Waals surface area contributed by atoms with Gasteiger partial charge in [0.25, 0.3) is 0 Å². The summed E-state index contributed by atoms with van der Waals surface area (Å²) < 4.78 is 0. The maximum Gasteiger partial charge on any atom is 0.0939 e. The highest BCUT2D eigenvalue weighted by Crippen LogP contribution is 2.14. The third-order valence-corrected chi connectivity index (χ3v) is 2.27. The smallest absolute Gasteiger partial charge is 0.0939 e. The van der Waals surface area contributed by atoms with Crippen LogP contribution in [0.2, 0.25) is 0 Å². The number of nitrogens with two attached hydrogens (primary N) is 1. The van der Waals surface area contributed by atoms with E-state index in [1.54, 1.807) is 0 Å². The molecule has 0 spiro atoms. The Morgan fingerprint density at radius 3 is 3.07 bits per heavy atom. The van der Waals surface area contributed by atoms with Crippen LogP contribution in [0.5, 0.6) is 0 Å². The molecule has 0 bridgehead atoms. The van der Waals surface area contributed by atoms with Crippen molar-refractivity contribution in [3.8, 4) is 0 Å². The zero-order chi connectivity index (χ0) is 9.80. The molecule has 3 N–H and O–H groups in total. The maximum absolute atomic E-state index is 5.71. The van der Waals surface area contributed by atoms with Crippen LogP contribution in [0.15, 0.2) is 33.9 Å². The van der Waals surface area contributed by atoms with E-state index in [2.05, 4.69) is 21.4 Å². The van der Waals surface area contributed by atoms with Gasteiger partial charge in [-0.1, -0.05) is 6.08 Å². The molecule has 2 aliphatic heterocycles. The van der Waals surface area contributed by atoms with E-state index in [1.165, 1.54) is 0 Å². The monoisotopic (exact) mass is 190 g/mol. The van der Waals surface area contributed by atoms with Crippen LogP contribution in [0.3, 0.4) is 0 Å². The second-order valence-corrected chi connectivity index (χ2v) is 3.42. The van der Waals surface area contributed by atoms with E-state index in [9.17, 15) is 0 Å². The van der Waals surface area contributed by atoms with Gasteiger partial charge in [0, 0.05) is 31.1 Å². The SMILES string of the molecule is NC1CN=CC(C2C=CC=NC2)=CN1. The fourth-order valence-electron chi connectivity index (χ4n) is 1.46. The molecule has 4 heteroatoms. The molecule has 2 rings (SSSR count). The van der Waals surface area contributed by atoms with Crippen molar-refractivity contribution in [2.45, 2.75) is 6.17 Å². The predicted octanol–water partition coefficient (Wildman–Crippen LogP) is 0.0859. The Kier molecular flexibility index (Phi) is 2.74. The lowest BCUT2D eigenvalue weighted by Crippen LogP contribution is -2.36. The van der Waals surface area contributed by atoms with E-state index in [-0.39, 0.29) is 6.17 Å². The van der Waals surface area contributed by atoms with Crippen LogP contribution in [0.4, 0.5) is 0 Å². The molecule has 0 saturated carbocycles. The van der Waals surface area contributed by atoms with Gasteiger partial charge in [0.1, 0.15) is 0 Å². The van der Waals surface area contributed by atoms with Gasteiger partial charge in [0.05, 0.1) is 12.7 Å². The third kappa shape index (κ3) is 2.09. The van der Waals surface area contributed by atoms with Gasteiger partial charge in [-0.2, -0.15) is 0 Å². The summed E-state index contributed by atoms with van der Waals surface area (Å²) in [5.74, 6) is 0.335. The number of nitrogens with one attached hydrogen (secondary N) is 1. The van der Waals surface area contributed by atoms with Gasteiger partial charge in [0.2, 0.25) is 0 Å². The minimum Gasteiger partial charge on any atom is -0.374 e. The molecule has 0 fully saturated rings. The summed E-state index contributed by atoms with van der Waals surface area (Å²) in [7, 11) is 0. The minimum absolute atomic E-state index is 0.0696. The molecule has 0 aromatic rings. The summed E-state index contributed by atoms with van der Waals surface area (Å²) in [6, 6.07) is 0. The van der Waals surface area contributed by atoms with Crippen LogP contribution in [-0.4, -0.2) is 31.7 Å². The van der Waals surface area contributed by atoms with Crippen molar-refractivity contribution < 1.29 is 0 Å². The first-order chi connectivity index (χ1) is 6.86. The Bertz CT molecular complexity index is 314. The standard InChI is InChI=1S/C10H14N4/c11-10-7-13-5-9(6-14-10)8-2-1-3-12-4-8/h1-3,5-6,8,10,14H,4,7,11H2. The molecule has 74 valence electrons. The first-order valence-corrected chi connectivity index (χ1v) is 4.74. The van der Waals surface area contributed by atoms with E-state index in [0.29, 0.717) is 12.5 Å². The lowest BCUT2D eigenvalue weighted by atomic mass is 9.99. The molecule has 2 heterocycles. The Morgan fingerprint density at radius 2 is 2.29 bits per heavy atom. The Balaban J connectivity index is 2.09. The number of hydrogen-bond donors (Lipinski definition) is 2. The molecular formula is C10H14N4. The van der Waals surface area contributed by atoms with E-state index in [0.717, 1.165) is 12.1 Å². The molecule has 0 radical (unpaired) electrons. The Labute approximate surface area is 83.3 Å². The Hall–Kier alpha value is -1.42. The van der Waals surface area contributed by atoms with Crippen molar-refractivity contribution in [2.75, 3.05) is 13.1 Å². The summed E-state index contributed by atoms with van der Waals surface area (Å²) >= 11 is 0. The van der Waals surface area contributed by atoms with Crippen LogP contribution in [0.25, 0.3) is 0 Å². The van der Waals surface area contributed by atoms with Gasteiger partial charge in [0.15, 0.2) is 0 Å². The molecule has 14 heavy (non-hydrogen) atoms. The zero-order valence-electron chi connectivity index (χ0n) is 7.93. The zero-order valence-corrected chi connectivity index (χ0v) is 7.93. The summed E-state index contributed by atoms with van der Waals surface area (Å²) in [5, 5.41) is 3.10. The van der Waals surface area contributed by atoms with E-state index in [1.807, 2.05) is 24.7 Å². The summed E-state index contributed by atoms with van der Waals surface area (Å²) in [6.07, 6.45) is 9.67. The molecule has 0 amide bonds. The van der Waals surface area contributed by atoms with Crippen LogP contribution < -0.4 is 11.1 Å². The minimum atomic E-state index is -0.0696. The first kappa shape index (κ1) is 9.15. The lowest BCUT2D eigenvalue weighted by Gasteiger charge is -2.13. The van der Waals surface area contributed by atoms with Crippen LogP contribution in [0, 0.1) is 5.92 Å². The first-order valence-electron chi connectivity index (χ1n) is 4.74. The average molecular weight is 190 g/mol. The Morgan fingerprint density at radius 1 is 1.36 bits per heavy atom. The fourth-order valence-corrected chi connectivity index (χ4v) is 1.46. The van der Waals surface area contributed by atoms with Crippen molar-refractivity contribution in [1.29, 1.82) is 0 Å². The van der Waals surface area contributed by atoms with Crippen molar-refractivity contribution in [1.82, 2.24) is 5.32 Å². The normalized spacial score (nSPS) is 30.8. The van der Waals surface area contributed by atoms with Crippen molar-refractivity contribution in [3.63, 3.8) is 0 Å². The van der Waals surface area contributed by atoms with Gasteiger partial charge >= 0.3 is 0 Å². The molecule has 0 aromatic heterocycles. The summed E-state index contributed by atoms with van der Waals surface area (Å²) in [5.41, 5.74) is 6.85. The van der Waals surface area contributed by atoms with Gasteiger partial charge in [-0.25, -0.2) is 0 Å². The molecule has 2 unspecified atom stereocenters. The topological polar surface area (TPSA) is 62.8 Å². The highest BCUT2D eigenvalue weighted by molar-refractivity contribution is 5.81. The lowest BCUT2D eigenvalue weighted by molar-refractivity contribution is 0.624. The molecule has 2 aliphatic rings. The highest BCUT2D eigenvalue weighted by Gasteiger charge is 2.12. The molecule has 0 aliphatic carbocycles. The number of rotatable bonds is 1. The van der Waals surface area contributed by atoms with Gasteiger partial charge in [-0.05, 0) is 11.6 Å². The van der Waals surface area contributed by atoms with Gasteiger partial charge < -0.3 is 11.1 Å². The number of dihydropyridines is 1. The highest BCUT2D eigenvalue weighted by atomic mass is 15.0. The predicted molar refractivity (Wildman–Crippen MR) is 58.5 cm³/mol. The summed E-state index contributed by atoms with van der Waals surface area (Å²) in [6.45, 7) is 1.42. The molecular weight excluding hydrogens is 176 g/mol. The van der Waals surface area contributed by atoms with Gasteiger partial charge in [-0.3, -0.25) is 9.98 Å². The third-order valence-electron chi connectivity index (χ3n) is 2.27. The van der Waals surface area contributed by atoms with E-state index in [4.69, 9.17) is 5.73 Å². The second kappa shape index (κ2) is 4.19. The van der Waals surface area contributed by atoms with E-state index < -0.39 is 0 Å². The molecule has 4 nitrogen and oxygen atoms in total. The van der Waals surface area contributed by atoms with Crippen LogP contribution in [0.1, 0.15) is 0 Å². The molecule has 0 aromatic carbocycles. The largest absolute Gasteiger partial charge is 0.374 e. The number of allylic oxidation sites excluding steroid dienone is 1.